The molecule has 2 fully saturated rings. The van der Waals surface area contributed by atoms with Crippen LogP contribution in [0.25, 0.3) is 0 Å². The summed E-state index contributed by atoms with van der Waals surface area (Å²) in [6.07, 6.45) is 13.6. The quantitative estimate of drug-likeness (QED) is 0.808. The van der Waals surface area contributed by atoms with E-state index in [4.69, 9.17) is 4.74 Å². The summed E-state index contributed by atoms with van der Waals surface area (Å²) in [7, 11) is 4.08. The van der Waals surface area contributed by atoms with Crippen molar-refractivity contribution in [2.45, 2.75) is 82.8 Å². The average molecular weight is 267 g/mol. The minimum absolute atomic E-state index is 0.122. The largest absolute Gasteiger partial charge is 0.377 e. The van der Waals surface area contributed by atoms with Gasteiger partial charge in [-0.25, -0.2) is 0 Å². The van der Waals surface area contributed by atoms with Gasteiger partial charge in [0.25, 0.3) is 0 Å². The maximum Gasteiger partial charge on any atom is 0.0833 e. The Kier molecular flexibility index (Phi) is 5.70. The summed E-state index contributed by atoms with van der Waals surface area (Å²) in [6.45, 7) is 2.35. The minimum atomic E-state index is 0.122. The van der Waals surface area contributed by atoms with Crippen LogP contribution >= 0.6 is 0 Å². The van der Waals surface area contributed by atoms with Gasteiger partial charge in [0.05, 0.1) is 5.60 Å². The van der Waals surface area contributed by atoms with Crippen molar-refractivity contribution in [1.29, 1.82) is 0 Å². The van der Waals surface area contributed by atoms with E-state index in [1.165, 1.54) is 64.2 Å². The molecule has 2 aliphatic rings. The first kappa shape index (κ1) is 15.3. The number of methoxy groups -OCH3 is 1. The van der Waals surface area contributed by atoms with Crippen LogP contribution in [-0.2, 0) is 4.74 Å². The summed E-state index contributed by atoms with van der Waals surface area (Å²) in [5, 5.41) is 3.64. The molecule has 1 unspecified atom stereocenters. The zero-order valence-electron chi connectivity index (χ0n) is 13.2. The molecular weight excluding hydrogens is 234 g/mol. The number of likely N-dealkylation sites (N-methyl/N-ethyl adjacent to an activating group) is 1. The van der Waals surface area contributed by atoms with Gasteiger partial charge < -0.3 is 10.1 Å². The molecule has 0 aliphatic heterocycles. The number of hydrogen-bond donors (Lipinski definition) is 1. The molecule has 0 bridgehead atoms. The zero-order valence-corrected chi connectivity index (χ0v) is 13.2. The number of ether oxygens (including phenoxy) is 1. The molecular formula is C17H33NO. The van der Waals surface area contributed by atoms with Crippen molar-refractivity contribution >= 4 is 0 Å². The van der Waals surface area contributed by atoms with Gasteiger partial charge >= 0.3 is 0 Å². The van der Waals surface area contributed by atoms with Gasteiger partial charge in [-0.2, -0.15) is 0 Å². The first-order valence-electron chi connectivity index (χ1n) is 8.48. The fourth-order valence-electron chi connectivity index (χ4n) is 4.65. The second-order valence-electron chi connectivity index (χ2n) is 6.78. The van der Waals surface area contributed by atoms with Crippen molar-refractivity contribution in [3.05, 3.63) is 0 Å². The van der Waals surface area contributed by atoms with Crippen LogP contribution in [0.15, 0.2) is 0 Å². The molecule has 1 N–H and O–H groups in total. The Morgan fingerprint density at radius 2 is 1.74 bits per heavy atom. The second-order valence-corrected chi connectivity index (χ2v) is 6.78. The van der Waals surface area contributed by atoms with E-state index in [2.05, 4.69) is 19.3 Å². The minimum Gasteiger partial charge on any atom is -0.377 e. The Hall–Kier alpha value is -0.0800. The SMILES string of the molecule is CCC1CCC(C(NC)C2(OC)CCCCC2)CC1. The maximum atomic E-state index is 6.08. The van der Waals surface area contributed by atoms with E-state index in [1.807, 2.05) is 7.11 Å². The molecule has 1 atom stereocenters. The van der Waals surface area contributed by atoms with Crippen LogP contribution in [0.3, 0.4) is 0 Å². The molecule has 2 rings (SSSR count). The van der Waals surface area contributed by atoms with E-state index in [-0.39, 0.29) is 5.60 Å². The Morgan fingerprint density at radius 1 is 1.11 bits per heavy atom. The molecule has 0 heterocycles. The molecule has 0 radical (unpaired) electrons. The van der Waals surface area contributed by atoms with Gasteiger partial charge in [0, 0.05) is 13.2 Å². The van der Waals surface area contributed by atoms with E-state index in [0.29, 0.717) is 6.04 Å². The van der Waals surface area contributed by atoms with Gasteiger partial charge in [-0.3, -0.25) is 0 Å². The lowest BCUT2D eigenvalue weighted by molar-refractivity contribution is -0.0847. The molecule has 0 aromatic carbocycles. The lowest BCUT2D eigenvalue weighted by Crippen LogP contribution is -2.56. The van der Waals surface area contributed by atoms with Crippen molar-refractivity contribution in [2.24, 2.45) is 11.8 Å². The van der Waals surface area contributed by atoms with Crippen LogP contribution in [0.1, 0.15) is 71.1 Å². The van der Waals surface area contributed by atoms with E-state index in [0.717, 1.165) is 11.8 Å². The molecule has 0 amide bonds. The Balaban J connectivity index is 2.02. The monoisotopic (exact) mass is 267 g/mol. The van der Waals surface area contributed by atoms with Gasteiger partial charge in [0.2, 0.25) is 0 Å². The predicted molar refractivity (Wildman–Crippen MR) is 81.4 cm³/mol. The highest BCUT2D eigenvalue weighted by molar-refractivity contribution is 4.99. The second kappa shape index (κ2) is 7.08. The van der Waals surface area contributed by atoms with Gasteiger partial charge in [-0.1, -0.05) is 45.4 Å². The first-order chi connectivity index (χ1) is 9.25. The Morgan fingerprint density at radius 3 is 2.21 bits per heavy atom. The Bertz CT molecular complexity index is 252. The van der Waals surface area contributed by atoms with Crippen molar-refractivity contribution in [3.63, 3.8) is 0 Å². The summed E-state index contributed by atoms with van der Waals surface area (Å²) in [5.74, 6) is 1.81. The zero-order chi connectivity index (χ0) is 13.7. The summed E-state index contributed by atoms with van der Waals surface area (Å²) < 4.78 is 6.08. The fraction of sp³-hybridized carbons (Fsp3) is 1.00. The first-order valence-corrected chi connectivity index (χ1v) is 8.48. The summed E-state index contributed by atoms with van der Waals surface area (Å²) in [4.78, 5) is 0. The number of hydrogen-bond acceptors (Lipinski definition) is 2. The standard InChI is InChI=1S/C17H33NO/c1-4-14-8-10-15(11-9-14)16(18-2)17(19-3)12-6-5-7-13-17/h14-16,18H,4-13H2,1-3H3. The van der Waals surface area contributed by atoms with Crippen LogP contribution in [0.5, 0.6) is 0 Å². The average Bonchev–Trinajstić information content (AvgIpc) is 2.49. The van der Waals surface area contributed by atoms with Gasteiger partial charge in [-0.05, 0) is 44.6 Å². The molecule has 112 valence electrons. The van der Waals surface area contributed by atoms with Crippen LogP contribution in [0.4, 0.5) is 0 Å². The summed E-state index contributed by atoms with van der Waals surface area (Å²) in [6, 6.07) is 0.565. The van der Waals surface area contributed by atoms with Crippen molar-refractivity contribution in [3.8, 4) is 0 Å². The molecule has 0 aromatic heterocycles. The number of rotatable bonds is 5. The van der Waals surface area contributed by atoms with Crippen molar-refractivity contribution < 1.29 is 4.74 Å². The number of nitrogens with one attached hydrogen (secondary N) is 1. The third-order valence-electron chi connectivity index (χ3n) is 5.92. The third-order valence-corrected chi connectivity index (χ3v) is 5.92. The van der Waals surface area contributed by atoms with Crippen LogP contribution in [0.2, 0.25) is 0 Å². The maximum absolute atomic E-state index is 6.08. The smallest absolute Gasteiger partial charge is 0.0833 e. The van der Waals surface area contributed by atoms with Gasteiger partial charge in [-0.15, -0.1) is 0 Å². The van der Waals surface area contributed by atoms with Crippen molar-refractivity contribution in [1.82, 2.24) is 5.32 Å². The topological polar surface area (TPSA) is 21.3 Å². The predicted octanol–water partition coefficient (Wildman–Crippen LogP) is 4.14. The highest BCUT2D eigenvalue weighted by Crippen LogP contribution is 2.41. The third kappa shape index (κ3) is 3.33. The highest BCUT2D eigenvalue weighted by atomic mass is 16.5. The molecule has 2 nitrogen and oxygen atoms in total. The van der Waals surface area contributed by atoms with Gasteiger partial charge in [0.1, 0.15) is 0 Å². The van der Waals surface area contributed by atoms with Gasteiger partial charge in [0.15, 0.2) is 0 Å². The van der Waals surface area contributed by atoms with E-state index in [1.54, 1.807) is 0 Å². The fourth-order valence-corrected chi connectivity index (χ4v) is 4.65. The van der Waals surface area contributed by atoms with Crippen molar-refractivity contribution in [2.75, 3.05) is 14.2 Å². The Labute approximate surface area is 119 Å². The molecule has 2 heteroatoms. The van der Waals surface area contributed by atoms with Crippen LogP contribution in [0, 0.1) is 11.8 Å². The van der Waals surface area contributed by atoms with Crippen LogP contribution in [-0.4, -0.2) is 25.8 Å². The molecule has 2 aliphatic carbocycles. The molecule has 0 spiro atoms. The van der Waals surface area contributed by atoms with Crippen LogP contribution < -0.4 is 5.32 Å². The summed E-state index contributed by atoms with van der Waals surface area (Å²) in [5.41, 5.74) is 0.122. The van der Waals surface area contributed by atoms with E-state index < -0.39 is 0 Å². The highest BCUT2D eigenvalue weighted by Gasteiger charge is 2.43. The molecule has 19 heavy (non-hydrogen) atoms. The molecule has 0 saturated heterocycles. The molecule has 2 saturated carbocycles. The molecule has 0 aromatic rings. The van der Waals surface area contributed by atoms with E-state index in [9.17, 15) is 0 Å². The lowest BCUT2D eigenvalue weighted by atomic mass is 9.69. The summed E-state index contributed by atoms with van der Waals surface area (Å²) >= 11 is 0. The normalized spacial score (nSPS) is 33.0. The lowest BCUT2D eigenvalue weighted by Gasteiger charge is -2.47. The van der Waals surface area contributed by atoms with E-state index >= 15 is 0 Å².